The number of anilines is 1. The number of hydrogen-bond donors (Lipinski definition) is 1. The Morgan fingerprint density at radius 2 is 1.79 bits per heavy atom. The molecule has 128 valence electrons. The molecular weight excluding hydrogens is 362 g/mol. The smallest absolute Gasteiger partial charge is 0.264 e. The summed E-state index contributed by atoms with van der Waals surface area (Å²) >= 11 is 5.84. The Bertz CT molecular complexity index is 902. The van der Waals surface area contributed by atoms with Gasteiger partial charge in [-0.1, -0.05) is 11.6 Å². The average Bonchev–Trinajstić information content (AvgIpc) is 2.45. The molecule has 0 saturated heterocycles. The van der Waals surface area contributed by atoms with Gasteiger partial charge in [0.15, 0.2) is 0 Å². The molecule has 0 fully saturated rings. The Morgan fingerprint density at radius 1 is 1.12 bits per heavy atom. The first kappa shape index (κ1) is 18.2. The van der Waals surface area contributed by atoms with Crippen molar-refractivity contribution < 1.29 is 22.0 Å². The second-order valence-corrected chi connectivity index (χ2v) is 7.16. The minimum absolute atomic E-state index is 0.0375. The monoisotopic (exact) mass is 374 g/mol. The molecule has 1 N–H and O–H groups in total. The van der Waals surface area contributed by atoms with Crippen LogP contribution in [0.2, 0.25) is 5.02 Å². The van der Waals surface area contributed by atoms with E-state index in [1.54, 1.807) is 0 Å². The van der Waals surface area contributed by atoms with Crippen molar-refractivity contribution >= 4 is 33.2 Å². The number of carbonyl (C=O) groups is 1. The molecule has 0 saturated carbocycles. The number of halogens is 3. The zero-order valence-corrected chi connectivity index (χ0v) is 14.3. The van der Waals surface area contributed by atoms with Gasteiger partial charge in [0.1, 0.15) is 16.5 Å². The fraction of sp³-hybridized carbons (Fsp3) is 0.133. The highest BCUT2D eigenvalue weighted by atomic mass is 35.5. The average molecular weight is 375 g/mol. The molecule has 2 rings (SSSR count). The van der Waals surface area contributed by atoms with Crippen molar-refractivity contribution in [2.45, 2.75) is 4.90 Å². The highest BCUT2D eigenvalue weighted by Gasteiger charge is 2.23. The van der Waals surface area contributed by atoms with E-state index in [0.29, 0.717) is 6.07 Å². The molecule has 0 aromatic heterocycles. The molecule has 0 unspecified atom stereocenters. The van der Waals surface area contributed by atoms with E-state index in [-0.39, 0.29) is 16.3 Å². The van der Waals surface area contributed by atoms with E-state index in [9.17, 15) is 22.0 Å². The molecule has 24 heavy (non-hydrogen) atoms. The third-order valence-corrected chi connectivity index (χ3v) is 4.68. The summed E-state index contributed by atoms with van der Waals surface area (Å²) in [6.07, 6.45) is 0. The normalized spacial score (nSPS) is 11.2. The first-order valence-corrected chi connectivity index (χ1v) is 8.47. The second-order valence-electron chi connectivity index (χ2n) is 5.07. The molecular formula is C15H13ClF2N2O3S. The summed E-state index contributed by atoms with van der Waals surface area (Å²) in [7, 11) is -1.39. The van der Waals surface area contributed by atoms with Gasteiger partial charge in [-0.2, -0.15) is 0 Å². The summed E-state index contributed by atoms with van der Waals surface area (Å²) in [6.45, 7) is 0. The van der Waals surface area contributed by atoms with E-state index in [1.807, 2.05) is 0 Å². The van der Waals surface area contributed by atoms with E-state index in [1.165, 1.54) is 37.2 Å². The second kappa shape index (κ2) is 6.74. The van der Waals surface area contributed by atoms with Crippen LogP contribution in [0.25, 0.3) is 0 Å². The molecule has 1 amide bonds. The molecule has 0 aliphatic rings. The number of benzene rings is 2. The van der Waals surface area contributed by atoms with Crippen LogP contribution in [0.4, 0.5) is 14.5 Å². The largest absolute Gasteiger partial charge is 0.345 e. The number of rotatable bonds is 4. The van der Waals surface area contributed by atoms with Gasteiger partial charge in [0, 0.05) is 25.2 Å². The number of hydrogen-bond acceptors (Lipinski definition) is 3. The van der Waals surface area contributed by atoms with Crippen molar-refractivity contribution in [1.82, 2.24) is 4.90 Å². The SMILES string of the molecule is CN(C)C(=O)c1ccc(Cl)cc1NS(=O)(=O)c1ccc(F)cc1F. The molecule has 0 aliphatic carbocycles. The van der Waals surface area contributed by atoms with Gasteiger partial charge in [-0.25, -0.2) is 17.2 Å². The quantitative estimate of drug-likeness (QED) is 0.894. The van der Waals surface area contributed by atoms with Gasteiger partial charge in [-0.15, -0.1) is 0 Å². The standard InChI is InChI=1S/C15H13ClF2N2O3S/c1-20(2)15(21)11-5-3-9(16)7-13(11)19-24(22,23)14-6-4-10(17)8-12(14)18/h3-8,19H,1-2H3. The van der Waals surface area contributed by atoms with Crippen molar-refractivity contribution in [1.29, 1.82) is 0 Å². The lowest BCUT2D eigenvalue weighted by Crippen LogP contribution is -2.24. The summed E-state index contributed by atoms with van der Waals surface area (Å²) in [6, 6.07) is 6.08. The predicted molar refractivity (Wildman–Crippen MR) is 86.6 cm³/mol. The molecule has 0 atom stereocenters. The number of carbonyl (C=O) groups excluding carboxylic acids is 1. The first-order valence-electron chi connectivity index (χ1n) is 6.61. The molecule has 0 radical (unpaired) electrons. The zero-order chi connectivity index (χ0) is 18.1. The molecule has 0 bridgehead atoms. The van der Waals surface area contributed by atoms with Crippen molar-refractivity contribution in [3.05, 3.63) is 58.6 Å². The van der Waals surface area contributed by atoms with Crippen LogP contribution in [0, 0.1) is 11.6 Å². The number of sulfonamides is 1. The van der Waals surface area contributed by atoms with Gasteiger partial charge in [-0.05, 0) is 30.3 Å². The first-order chi connectivity index (χ1) is 11.1. The lowest BCUT2D eigenvalue weighted by molar-refractivity contribution is 0.0828. The third kappa shape index (κ3) is 3.82. The van der Waals surface area contributed by atoms with E-state index < -0.39 is 32.5 Å². The van der Waals surface area contributed by atoms with Gasteiger partial charge in [0.05, 0.1) is 11.3 Å². The zero-order valence-electron chi connectivity index (χ0n) is 12.7. The minimum Gasteiger partial charge on any atom is -0.345 e. The summed E-state index contributed by atoms with van der Waals surface area (Å²) in [5.41, 5.74) is -0.0691. The maximum absolute atomic E-state index is 13.8. The van der Waals surface area contributed by atoms with E-state index in [2.05, 4.69) is 4.72 Å². The summed E-state index contributed by atoms with van der Waals surface area (Å²) in [5, 5.41) is 0.183. The van der Waals surface area contributed by atoms with E-state index in [4.69, 9.17) is 11.6 Å². The van der Waals surface area contributed by atoms with Gasteiger partial charge in [0.25, 0.3) is 15.9 Å². The molecule has 2 aromatic rings. The van der Waals surface area contributed by atoms with Crippen molar-refractivity contribution in [2.24, 2.45) is 0 Å². The Balaban J connectivity index is 2.50. The minimum atomic E-state index is -4.38. The van der Waals surface area contributed by atoms with E-state index >= 15 is 0 Å². The fourth-order valence-corrected chi connectivity index (χ4v) is 3.22. The van der Waals surface area contributed by atoms with Crippen molar-refractivity contribution in [3.63, 3.8) is 0 Å². The highest BCUT2D eigenvalue weighted by molar-refractivity contribution is 7.92. The Kier molecular flexibility index (Phi) is 5.10. The van der Waals surface area contributed by atoms with Crippen LogP contribution in [0.15, 0.2) is 41.3 Å². The lowest BCUT2D eigenvalue weighted by atomic mass is 10.1. The van der Waals surface area contributed by atoms with Crippen molar-refractivity contribution in [3.8, 4) is 0 Å². The highest BCUT2D eigenvalue weighted by Crippen LogP contribution is 2.26. The maximum atomic E-state index is 13.8. The van der Waals surface area contributed by atoms with Gasteiger partial charge in [-0.3, -0.25) is 9.52 Å². The van der Waals surface area contributed by atoms with Gasteiger partial charge >= 0.3 is 0 Å². The molecule has 0 heterocycles. The van der Waals surface area contributed by atoms with Crippen LogP contribution in [-0.2, 0) is 10.0 Å². The Labute approximate surface area is 142 Å². The fourth-order valence-electron chi connectivity index (χ4n) is 1.92. The van der Waals surface area contributed by atoms with Gasteiger partial charge < -0.3 is 4.90 Å². The molecule has 9 heteroatoms. The Morgan fingerprint density at radius 3 is 2.38 bits per heavy atom. The maximum Gasteiger partial charge on any atom is 0.264 e. The molecule has 2 aromatic carbocycles. The molecule has 0 spiro atoms. The van der Waals surface area contributed by atoms with Crippen LogP contribution in [0.5, 0.6) is 0 Å². The number of nitrogens with zero attached hydrogens (tertiary/aromatic N) is 1. The topological polar surface area (TPSA) is 66.5 Å². The summed E-state index contributed by atoms with van der Waals surface area (Å²) < 4.78 is 53.5. The lowest BCUT2D eigenvalue weighted by Gasteiger charge is -2.16. The Hall–Kier alpha value is -2.19. The number of nitrogens with one attached hydrogen (secondary N) is 1. The summed E-state index contributed by atoms with van der Waals surface area (Å²) in [4.78, 5) is 12.6. The molecule has 5 nitrogen and oxygen atoms in total. The van der Waals surface area contributed by atoms with Crippen LogP contribution < -0.4 is 4.72 Å². The van der Waals surface area contributed by atoms with Crippen molar-refractivity contribution in [2.75, 3.05) is 18.8 Å². The van der Waals surface area contributed by atoms with Crippen LogP contribution in [0.3, 0.4) is 0 Å². The third-order valence-electron chi connectivity index (χ3n) is 3.05. The number of amides is 1. The summed E-state index contributed by atoms with van der Waals surface area (Å²) in [5.74, 6) is -2.62. The van der Waals surface area contributed by atoms with E-state index in [0.717, 1.165) is 12.1 Å². The van der Waals surface area contributed by atoms with Crippen LogP contribution in [0.1, 0.15) is 10.4 Å². The predicted octanol–water partition coefficient (Wildman–Crippen LogP) is 3.12. The van der Waals surface area contributed by atoms with Crippen LogP contribution in [-0.4, -0.2) is 33.3 Å². The van der Waals surface area contributed by atoms with Gasteiger partial charge in [0.2, 0.25) is 0 Å². The molecule has 0 aliphatic heterocycles. The van der Waals surface area contributed by atoms with Crippen LogP contribution >= 0.6 is 11.6 Å².